The molecule has 0 saturated heterocycles. The second kappa shape index (κ2) is 5.31. The molecule has 1 atom stereocenters. The Morgan fingerprint density at radius 2 is 1.95 bits per heavy atom. The van der Waals surface area contributed by atoms with Crippen molar-refractivity contribution < 1.29 is 5.11 Å². The van der Waals surface area contributed by atoms with Crippen LogP contribution in [0.15, 0.2) is 53.3 Å². The van der Waals surface area contributed by atoms with Gasteiger partial charge in [-0.1, -0.05) is 34.1 Å². The minimum absolute atomic E-state index is 0.728. The third-order valence-corrected chi connectivity index (χ3v) is 3.98. The van der Waals surface area contributed by atoms with Crippen molar-refractivity contribution in [2.45, 2.75) is 13.0 Å². The van der Waals surface area contributed by atoms with E-state index in [1.807, 2.05) is 43.3 Å². The number of nitrogens with zero attached hydrogens (tertiary/aromatic N) is 2. The van der Waals surface area contributed by atoms with Gasteiger partial charge in [0.1, 0.15) is 6.10 Å². The molecule has 0 spiro atoms. The predicted molar refractivity (Wildman–Crippen MR) is 82.5 cm³/mol. The molecule has 0 radical (unpaired) electrons. The molecular weight excluding hydrogens is 316 g/mol. The van der Waals surface area contributed by atoms with Crippen LogP contribution in [0.5, 0.6) is 0 Å². The third-order valence-electron chi connectivity index (χ3n) is 3.29. The van der Waals surface area contributed by atoms with E-state index in [0.717, 1.165) is 32.2 Å². The molecule has 1 unspecified atom stereocenters. The van der Waals surface area contributed by atoms with E-state index < -0.39 is 6.10 Å². The highest BCUT2D eigenvalue weighted by molar-refractivity contribution is 9.10. The van der Waals surface area contributed by atoms with Crippen molar-refractivity contribution in [2.75, 3.05) is 0 Å². The van der Waals surface area contributed by atoms with Gasteiger partial charge in [-0.25, -0.2) is 0 Å². The van der Waals surface area contributed by atoms with Crippen LogP contribution in [0.4, 0.5) is 0 Å². The maximum absolute atomic E-state index is 10.6. The van der Waals surface area contributed by atoms with Gasteiger partial charge in [0.15, 0.2) is 0 Å². The fourth-order valence-electron chi connectivity index (χ4n) is 2.20. The van der Waals surface area contributed by atoms with Crippen molar-refractivity contribution >= 4 is 26.8 Å². The summed E-state index contributed by atoms with van der Waals surface area (Å²) in [7, 11) is 0. The van der Waals surface area contributed by atoms with Gasteiger partial charge >= 0.3 is 0 Å². The van der Waals surface area contributed by atoms with Crippen LogP contribution in [0.1, 0.15) is 22.9 Å². The molecule has 3 rings (SSSR count). The van der Waals surface area contributed by atoms with E-state index in [4.69, 9.17) is 0 Å². The zero-order valence-corrected chi connectivity index (χ0v) is 12.5. The summed E-state index contributed by atoms with van der Waals surface area (Å²) in [5, 5.41) is 11.6. The van der Waals surface area contributed by atoms with Crippen molar-refractivity contribution in [3.8, 4) is 0 Å². The summed E-state index contributed by atoms with van der Waals surface area (Å²) in [4.78, 5) is 8.63. The van der Waals surface area contributed by atoms with Gasteiger partial charge in [-0.3, -0.25) is 9.97 Å². The number of aryl methyl sites for hydroxylation is 1. The first kappa shape index (κ1) is 13.2. The average molecular weight is 329 g/mol. The standard InChI is InChI=1S/C16H13BrN2O/c1-10-4-5-11(9-19-10)16(20)13-6-7-14(17)12-3-2-8-18-15(12)13/h2-9,16,20H,1H3. The second-order valence-electron chi connectivity index (χ2n) is 4.67. The Morgan fingerprint density at radius 3 is 2.70 bits per heavy atom. The molecule has 2 heterocycles. The summed E-state index contributed by atoms with van der Waals surface area (Å²) in [5.74, 6) is 0. The number of hydrogen-bond acceptors (Lipinski definition) is 3. The van der Waals surface area contributed by atoms with Gasteiger partial charge in [0.25, 0.3) is 0 Å². The number of aliphatic hydroxyl groups is 1. The van der Waals surface area contributed by atoms with Crippen LogP contribution in [0.25, 0.3) is 10.9 Å². The molecule has 0 aliphatic carbocycles. The van der Waals surface area contributed by atoms with E-state index in [-0.39, 0.29) is 0 Å². The van der Waals surface area contributed by atoms with E-state index >= 15 is 0 Å². The first-order chi connectivity index (χ1) is 9.66. The number of rotatable bonds is 2. The topological polar surface area (TPSA) is 46.0 Å². The molecule has 0 aliphatic rings. The van der Waals surface area contributed by atoms with Gasteiger partial charge < -0.3 is 5.11 Å². The molecule has 1 aromatic carbocycles. The quantitative estimate of drug-likeness (QED) is 0.778. The Hall–Kier alpha value is -1.78. The summed E-state index contributed by atoms with van der Waals surface area (Å²) >= 11 is 3.51. The fraction of sp³-hybridized carbons (Fsp3) is 0.125. The fourth-order valence-corrected chi connectivity index (χ4v) is 2.65. The highest BCUT2D eigenvalue weighted by Crippen LogP contribution is 2.31. The van der Waals surface area contributed by atoms with Crippen molar-refractivity contribution in [3.63, 3.8) is 0 Å². The van der Waals surface area contributed by atoms with E-state index in [0.29, 0.717) is 0 Å². The minimum Gasteiger partial charge on any atom is -0.384 e. The van der Waals surface area contributed by atoms with E-state index in [9.17, 15) is 5.11 Å². The summed E-state index contributed by atoms with van der Waals surface area (Å²) in [6, 6.07) is 11.5. The van der Waals surface area contributed by atoms with Gasteiger partial charge in [0.05, 0.1) is 5.52 Å². The van der Waals surface area contributed by atoms with E-state index in [1.54, 1.807) is 12.4 Å². The van der Waals surface area contributed by atoms with Crippen molar-refractivity contribution in [3.05, 3.63) is 70.1 Å². The Bertz CT molecular complexity index is 756. The number of benzene rings is 1. The molecule has 2 aromatic heterocycles. The highest BCUT2D eigenvalue weighted by Gasteiger charge is 2.15. The highest BCUT2D eigenvalue weighted by atomic mass is 79.9. The summed E-state index contributed by atoms with van der Waals surface area (Å²) in [6.45, 7) is 1.92. The molecule has 0 bridgehead atoms. The number of aliphatic hydroxyl groups excluding tert-OH is 1. The predicted octanol–water partition coefficient (Wildman–Crippen LogP) is 3.78. The van der Waals surface area contributed by atoms with Crippen LogP contribution in [-0.2, 0) is 0 Å². The maximum atomic E-state index is 10.6. The van der Waals surface area contributed by atoms with Gasteiger partial charge in [0, 0.05) is 39.1 Å². The van der Waals surface area contributed by atoms with E-state index in [2.05, 4.69) is 25.9 Å². The second-order valence-corrected chi connectivity index (χ2v) is 5.53. The molecule has 0 amide bonds. The summed E-state index contributed by atoms with van der Waals surface area (Å²) in [6.07, 6.45) is 2.71. The maximum Gasteiger partial charge on any atom is 0.108 e. The summed E-state index contributed by atoms with van der Waals surface area (Å²) < 4.78 is 0.971. The normalized spacial score (nSPS) is 12.6. The lowest BCUT2D eigenvalue weighted by Crippen LogP contribution is -2.02. The first-order valence-corrected chi connectivity index (χ1v) is 7.10. The molecule has 0 fully saturated rings. The molecule has 0 saturated carbocycles. The lowest BCUT2D eigenvalue weighted by molar-refractivity contribution is 0.221. The van der Waals surface area contributed by atoms with Crippen LogP contribution in [-0.4, -0.2) is 15.1 Å². The lowest BCUT2D eigenvalue weighted by Gasteiger charge is -2.14. The van der Waals surface area contributed by atoms with Gasteiger partial charge in [0.2, 0.25) is 0 Å². The Labute approximate surface area is 125 Å². The number of aromatic nitrogens is 2. The molecule has 1 N–H and O–H groups in total. The number of hydrogen-bond donors (Lipinski definition) is 1. The molecule has 4 heteroatoms. The summed E-state index contributed by atoms with van der Waals surface area (Å²) in [5.41, 5.74) is 3.29. The van der Waals surface area contributed by atoms with Gasteiger partial charge in [-0.2, -0.15) is 0 Å². The molecule has 0 aliphatic heterocycles. The van der Waals surface area contributed by atoms with Crippen molar-refractivity contribution in [1.82, 2.24) is 9.97 Å². The van der Waals surface area contributed by atoms with E-state index in [1.165, 1.54) is 0 Å². The molecule has 3 aromatic rings. The van der Waals surface area contributed by atoms with Gasteiger partial charge in [-0.05, 0) is 25.1 Å². The van der Waals surface area contributed by atoms with Crippen LogP contribution >= 0.6 is 15.9 Å². The average Bonchev–Trinajstić information content (AvgIpc) is 2.48. The van der Waals surface area contributed by atoms with Crippen molar-refractivity contribution in [1.29, 1.82) is 0 Å². The smallest absolute Gasteiger partial charge is 0.108 e. The monoisotopic (exact) mass is 328 g/mol. The van der Waals surface area contributed by atoms with Crippen LogP contribution in [0, 0.1) is 6.92 Å². The Kier molecular flexibility index (Phi) is 3.51. The Morgan fingerprint density at radius 1 is 1.10 bits per heavy atom. The first-order valence-electron chi connectivity index (χ1n) is 6.30. The number of pyridine rings is 2. The zero-order chi connectivity index (χ0) is 14.1. The zero-order valence-electron chi connectivity index (χ0n) is 10.9. The minimum atomic E-state index is -0.728. The van der Waals surface area contributed by atoms with Gasteiger partial charge in [-0.15, -0.1) is 0 Å². The number of fused-ring (bicyclic) bond motifs is 1. The molecule has 20 heavy (non-hydrogen) atoms. The van der Waals surface area contributed by atoms with Crippen LogP contribution in [0.2, 0.25) is 0 Å². The number of halogens is 1. The molecule has 3 nitrogen and oxygen atoms in total. The van der Waals surface area contributed by atoms with Crippen LogP contribution in [0.3, 0.4) is 0 Å². The van der Waals surface area contributed by atoms with Crippen LogP contribution < -0.4 is 0 Å². The lowest BCUT2D eigenvalue weighted by atomic mass is 10.00. The third kappa shape index (κ3) is 2.32. The molecular formula is C16H13BrN2O. The van der Waals surface area contributed by atoms with Crippen molar-refractivity contribution in [2.24, 2.45) is 0 Å². The largest absolute Gasteiger partial charge is 0.384 e. The molecule has 100 valence electrons. The Balaban J connectivity index is 2.14. The SMILES string of the molecule is Cc1ccc(C(O)c2ccc(Br)c3cccnc23)cn1.